The minimum atomic E-state index is 0.648. The van der Waals surface area contributed by atoms with E-state index in [0.717, 1.165) is 0 Å². The lowest BCUT2D eigenvalue weighted by Crippen LogP contribution is -2.28. The van der Waals surface area contributed by atoms with Crippen molar-refractivity contribution in [3.63, 3.8) is 0 Å². The highest BCUT2D eigenvalue weighted by Gasteiger charge is 2.19. The second-order valence-corrected chi connectivity index (χ2v) is 4.70. The summed E-state index contributed by atoms with van der Waals surface area (Å²) in [6, 6.07) is 2.95. The molecule has 2 heteroatoms. The Labute approximate surface area is 84.2 Å². The van der Waals surface area contributed by atoms with Crippen LogP contribution in [0.3, 0.4) is 0 Å². The van der Waals surface area contributed by atoms with Crippen LogP contribution in [0, 0.1) is 0 Å². The van der Waals surface area contributed by atoms with E-state index in [2.05, 4.69) is 23.7 Å². The number of rotatable bonds is 3. The highest BCUT2D eigenvalue weighted by atomic mass is 32.1. The van der Waals surface area contributed by atoms with Gasteiger partial charge in [-0.05, 0) is 29.9 Å². The summed E-state index contributed by atoms with van der Waals surface area (Å²) in [5, 5.41) is 5.84. The van der Waals surface area contributed by atoms with E-state index in [1.54, 1.807) is 10.4 Å². The van der Waals surface area contributed by atoms with Crippen LogP contribution < -0.4 is 5.32 Å². The molecule has 0 amide bonds. The lowest BCUT2D eigenvalue weighted by Gasteiger charge is -2.24. The number of fused-ring (bicyclic) bond motifs is 1. The Morgan fingerprint density at radius 2 is 2.54 bits per heavy atom. The lowest BCUT2D eigenvalue weighted by molar-refractivity contribution is 0.464. The fraction of sp³-hybridized carbons (Fsp3) is 0.636. The van der Waals surface area contributed by atoms with Crippen LogP contribution >= 0.6 is 11.3 Å². The van der Waals surface area contributed by atoms with Gasteiger partial charge < -0.3 is 5.32 Å². The second kappa shape index (κ2) is 4.25. The maximum Gasteiger partial charge on any atom is 0.0331 e. The van der Waals surface area contributed by atoms with E-state index in [-0.39, 0.29) is 0 Å². The summed E-state index contributed by atoms with van der Waals surface area (Å²) in [5.41, 5.74) is 1.57. The third kappa shape index (κ3) is 1.94. The molecule has 2 heterocycles. The molecule has 2 rings (SSSR count). The Morgan fingerprint density at radius 1 is 1.62 bits per heavy atom. The second-order valence-electron chi connectivity index (χ2n) is 3.70. The van der Waals surface area contributed by atoms with Gasteiger partial charge in [0.1, 0.15) is 0 Å². The van der Waals surface area contributed by atoms with Crippen molar-refractivity contribution in [2.24, 2.45) is 0 Å². The summed E-state index contributed by atoms with van der Waals surface area (Å²) >= 11 is 1.92. The molecule has 0 aromatic carbocycles. The summed E-state index contributed by atoms with van der Waals surface area (Å²) in [4.78, 5) is 1.61. The molecule has 1 aliphatic rings. The molecule has 0 bridgehead atoms. The molecule has 13 heavy (non-hydrogen) atoms. The maximum absolute atomic E-state index is 3.60. The third-order valence-corrected chi connectivity index (χ3v) is 3.74. The number of unbranched alkanes of at least 4 members (excludes halogenated alkanes) is 1. The summed E-state index contributed by atoms with van der Waals surface area (Å²) in [5.74, 6) is 0. The van der Waals surface area contributed by atoms with E-state index in [0.29, 0.717) is 6.04 Å². The van der Waals surface area contributed by atoms with Crippen molar-refractivity contribution in [2.45, 2.75) is 38.6 Å². The van der Waals surface area contributed by atoms with Crippen molar-refractivity contribution >= 4 is 11.3 Å². The molecular weight excluding hydrogens is 178 g/mol. The van der Waals surface area contributed by atoms with Crippen molar-refractivity contribution in [3.05, 3.63) is 21.9 Å². The SMILES string of the molecule is CCCCC1NCCc2sccc21. The first kappa shape index (κ1) is 9.22. The minimum Gasteiger partial charge on any atom is -0.310 e. The van der Waals surface area contributed by atoms with E-state index in [1.165, 1.54) is 32.2 Å². The molecule has 1 aromatic heterocycles. The highest BCUT2D eigenvalue weighted by molar-refractivity contribution is 7.10. The molecule has 0 aliphatic carbocycles. The molecular formula is C11H17NS. The van der Waals surface area contributed by atoms with Gasteiger partial charge in [0.15, 0.2) is 0 Å². The van der Waals surface area contributed by atoms with Crippen molar-refractivity contribution in [2.75, 3.05) is 6.54 Å². The van der Waals surface area contributed by atoms with Gasteiger partial charge in [-0.1, -0.05) is 19.8 Å². The highest BCUT2D eigenvalue weighted by Crippen LogP contribution is 2.30. The molecule has 0 radical (unpaired) electrons. The van der Waals surface area contributed by atoms with Crippen molar-refractivity contribution < 1.29 is 0 Å². The Morgan fingerprint density at radius 3 is 3.38 bits per heavy atom. The molecule has 0 spiro atoms. The monoisotopic (exact) mass is 195 g/mol. The lowest BCUT2D eigenvalue weighted by atomic mass is 9.98. The van der Waals surface area contributed by atoms with Crippen molar-refractivity contribution in [1.29, 1.82) is 0 Å². The molecule has 1 N–H and O–H groups in total. The van der Waals surface area contributed by atoms with Gasteiger partial charge in [-0.15, -0.1) is 11.3 Å². The minimum absolute atomic E-state index is 0.648. The van der Waals surface area contributed by atoms with Gasteiger partial charge in [0.25, 0.3) is 0 Å². The number of nitrogens with one attached hydrogen (secondary N) is 1. The zero-order valence-electron chi connectivity index (χ0n) is 8.18. The first-order chi connectivity index (χ1) is 6.42. The van der Waals surface area contributed by atoms with E-state index < -0.39 is 0 Å². The van der Waals surface area contributed by atoms with Crippen LogP contribution in [0.1, 0.15) is 42.7 Å². The standard InChI is InChI=1S/C11H17NS/c1-2-3-4-10-9-6-8-13-11(9)5-7-12-10/h6,8,10,12H,2-5,7H2,1H3. The summed E-state index contributed by atoms with van der Waals surface area (Å²) in [7, 11) is 0. The molecule has 0 fully saturated rings. The average Bonchev–Trinajstić information content (AvgIpc) is 2.62. The van der Waals surface area contributed by atoms with E-state index in [1.807, 2.05) is 11.3 Å². The normalized spacial score (nSPS) is 21.5. The Hall–Kier alpha value is -0.340. The molecule has 1 aromatic rings. The molecule has 1 nitrogen and oxygen atoms in total. The van der Waals surface area contributed by atoms with Gasteiger partial charge in [0.2, 0.25) is 0 Å². The van der Waals surface area contributed by atoms with Gasteiger partial charge in [0, 0.05) is 17.5 Å². The maximum atomic E-state index is 3.60. The van der Waals surface area contributed by atoms with Gasteiger partial charge in [-0.2, -0.15) is 0 Å². The Bertz CT molecular complexity index is 267. The molecule has 1 unspecified atom stereocenters. The molecule has 1 aliphatic heterocycles. The zero-order valence-corrected chi connectivity index (χ0v) is 8.99. The van der Waals surface area contributed by atoms with Crippen LogP contribution in [0.25, 0.3) is 0 Å². The Balaban J connectivity index is 2.07. The van der Waals surface area contributed by atoms with Gasteiger partial charge in [-0.25, -0.2) is 0 Å². The largest absolute Gasteiger partial charge is 0.310 e. The van der Waals surface area contributed by atoms with Gasteiger partial charge >= 0.3 is 0 Å². The van der Waals surface area contributed by atoms with Crippen LogP contribution in [0.4, 0.5) is 0 Å². The van der Waals surface area contributed by atoms with Crippen molar-refractivity contribution in [3.8, 4) is 0 Å². The fourth-order valence-electron chi connectivity index (χ4n) is 2.00. The van der Waals surface area contributed by atoms with Gasteiger partial charge in [-0.3, -0.25) is 0 Å². The van der Waals surface area contributed by atoms with E-state index in [4.69, 9.17) is 0 Å². The number of thiophene rings is 1. The zero-order chi connectivity index (χ0) is 9.10. The number of hydrogen-bond acceptors (Lipinski definition) is 2. The quantitative estimate of drug-likeness (QED) is 0.781. The van der Waals surface area contributed by atoms with Crippen LogP contribution in [0.5, 0.6) is 0 Å². The van der Waals surface area contributed by atoms with E-state index >= 15 is 0 Å². The van der Waals surface area contributed by atoms with Crippen LogP contribution in [-0.4, -0.2) is 6.54 Å². The molecule has 1 atom stereocenters. The predicted octanol–water partition coefficient (Wildman–Crippen LogP) is 3.13. The first-order valence-electron chi connectivity index (χ1n) is 5.21. The molecule has 72 valence electrons. The third-order valence-electron chi connectivity index (χ3n) is 2.74. The summed E-state index contributed by atoms with van der Waals surface area (Å²) in [6.07, 6.45) is 5.18. The van der Waals surface area contributed by atoms with E-state index in [9.17, 15) is 0 Å². The Kier molecular flexibility index (Phi) is 3.01. The average molecular weight is 195 g/mol. The topological polar surface area (TPSA) is 12.0 Å². The summed E-state index contributed by atoms with van der Waals surface area (Å²) < 4.78 is 0. The summed E-state index contributed by atoms with van der Waals surface area (Å²) in [6.45, 7) is 3.43. The smallest absolute Gasteiger partial charge is 0.0331 e. The molecule has 0 saturated heterocycles. The van der Waals surface area contributed by atoms with Crippen molar-refractivity contribution in [1.82, 2.24) is 5.32 Å². The van der Waals surface area contributed by atoms with Crippen LogP contribution in [-0.2, 0) is 6.42 Å². The van der Waals surface area contributed by atoms with Crippen LogP contribution in [0.15, 0.2) is 11.4 Å². The number of hydrogen-bond donors (Lipinski definition) is 1. The first-order valence-corrected chi connectivity index (χ1v) is 6.09. The van der Waals surface area contributed by atoms with Gasteiger partial charge in [0.05, 0.1) is 0 Å². The predicted molar refractivity (Wildman–Crippen MR) is 58.3 cm³/mol. The fourth-order valence-corrected chi connectivity index (χ4v) is 2.95. The molecule has 0 saturated carbocycles. The van der Waals surface area contributed by atoms with Crippen LogP contribution in [0.2, 0.25) is 0 Å².